The zero-order chi connectivity index (χ0) is 13.6. The van der Waals surface area contributed by atoms with E-state index < -0.39 is 5.41 Å². The fourth-order valence-corrected chi connectivity index (χ4v) is 1.95. The van der Waals surface area contributed by atoms with E-state index in [1.807, 2.05) is 32.6 Å². The zero-order valence-electron chi connectivity index (χ0n) is 12.1. The maximum Gasteiger partial charge on any atom is 0.243 e. The van der Waals surface area contributed by atoms with E-state index in [0.717, 1.165) is 6.54 Å². The maximum atomic E-state index is 12.5. The van der Waals surface area contributed by atoms with Crippen LogP contribution in [0, 0.1) is 22.7 Å². The van der Waals surface area contributed by atoms with Gasteiger partial charge < -0.3 is 4.90 Å². The molecule has 0 spiro atoms. The Hall–Kier alpha value is -1.04. The Morgan fingerprint density at radius 1 is 1.24 bits per heavy atom. The van der Waals surface area contributed by atoms with Crippen LogP contribution in [0.25, 0.3) is 0 Å². The Bertz CT molecular complexity index is 285. The smallest absolute Gasteiger partial charge is 0.243 e. The lowest BCUT2D eigenvalue weighted by Crippen LogP contribution is -2.47. The van der Waals surface area contributed by atoms with Gasteiger partial charge in [-0.2, -0.15) is 5.26 Å². The predicted molar refractivity (Wildman–Crippen MR) is 70.3 cm³/mol. The predicted octanol–water partition coefficient (Wildman–Crippen LogP) is 3.21. The molecule has 0 heterocycles. The number of hydrogen-bond donors (Lipinski definition) is 0. The summed E-state index contributed by atoms with van der Waals surface area (Å²) < 4.78 is 0. The highest BCUT2D eigenvalue weighted by Crippen LogP contribution is 2.29. The number of carbonyl (C=O) groups is 1. The largest absolute Gasteiger partial charge is 0.339 e. The van der Waals surface area contributed by atoms with Gasteiger partial charge in [0, 0.05) is 12.6 Å². The third-order valence-corrected chi connectivity index (χ3v) is 3.28. The van der Waals surface area contributed by atoms with Crippen LogP contribution in [0.5, 0.6) is 0 Å². The molecule has 17 heavy (non-hydrogen) atoms. The zero-order valence-corrected chi connectivity index (χ0v) is 12.1. The molecule has 0 saturated heterocycles. The average Bonchev–Trinajstić information content (AvgIpc) is 2.28. The summed E-state index contributed by atoms with van der Waals surface area (Å²) >= 11 is 0. The molecule has 98 valence electrons. The van der Waals surface area contributed by atoms with Gasteiger partial charge in [-0.15, -0.1) is 0 Å². The first-order valence-corrected chi connectivity index (χ1v) is 6.56. The van der Waals surface area contributed by atoms with Crippen LogP contribution in [0.15, 0.2) is 0 Å². The molecule has 0 saturated carbocycles. The van der Waals surface area contributed by atoms with E-state index in [2.05, 4.69) is 19.9 Å². The second kappa shape index (κ2) is 6.64. The first kappa shape index (κ1) is 16.0. The van der Waals surface area contributed by atoms with Gasteiger partial charge in [0.1, 0.15) is 5.41 Å². The van der Waals surface area contributed by atoms with Crippen LogP contribution >= 0.6 is 0 Å². The lowest BCUT2D eigenvalue weighted by atomic mass is 9.82. The normalized spacial score (nSPS) is 11.7. The minimum Gasteiger partial charge on any atom is -0.339 e. The summed E-state index contributed by atoms with van der Waals surface area (Å²) in [7, 11) is 0. The minimum absolute atomic E-state index is 0.00583. The van der Waals surface area contributed by atoms with Gasteiger partial charge in [-0.3, -0.25) is 4.79 Å². The minimum atomic E-state index is -0.834. The fourth-order valence-electron chi connectivity index (χ4n) is 1.95. The molecule has 1 amide bonds. The molecule has 3 heteroatoms. The molecule has 0 aromatic rings. The van der Waals surface area contributed by atoms with Crippen molar-refractivity contribution in [1.82, 2.24) is 4.90 Å². The van der Waals surface area contributed by atoms with Crippen LogP contribution in [0.3, 0.4) is 0 Å². The number of nitriles is 1. The van der Waals surface area contributed by atoms with Crippen molar-refractivity contribution >= 4 is 5.91 Å². The van der Waals surface area contributed by atoms with Gasteiger partial charge in [0.15, 0.2) is 0 Å². The molecule has 0 aliphatic heterocycles. The van der Waals surface area contributed by atoms with Crippen LogP contribution in [0.1, 0.15) is 54.4 Å². The molecule has 0 fully saturated rings. The number of nitrogens with zero attached hydrogens (tertiary/aromatic N) is 2. The third-order valence-electron chi connectivity index (χ3n) is 3.28. The van der Waals surface area contributed by atoms with Gasteiger partial charge in [0.25, 0.3) is 0 Å². The Morgan fingerprint density at radius 2 is 1.71 bits per heavy atom. The molecule has 0 aromatic carbocycles. The number of hydrogen-bond acceptors (Lipinski definition) is 2. The lowest BCUT2D eigenvalue weighted by molar-refractivity contribution is -0.141. The number of rotatable bonds is 6. The van der Waals surface area contributed by atoms with E-state index >= 15 is 0 Å². The summed E-state index contributed by atoms with van der Waals surface area (Å²) in [4.78, 5) is 14.4. The van der Waals surface area contributed by atoms with Crippen molar-refractivity contribution < 1.29 is 4.79 Å². The molecule has 0 N–H and O–H groups in total. The molecule has 0 rings (SSSR count). The molecule has 0 bridgehead atoms. The summed E-state index contributed by atoms with van der Waals surface area (Å²) in [5.74, 6) is 0.417. The van der Waals surface area contributed by atoms with Gasteiger partial charge >= 0.3 is 0 Å². The third kappa shape index (κ3) is 3.73. The second-order valence-corrected chi connectivity index (χ2v) is 5.35. The summed E-state index contributed by atoms with van der Waals surface area (Å²) in [6.07, 6.45) is 1.17. The standard InChI is InChI=1S/C14H26N2O/c1-7-14(8-2,10-15)13(17)16(12(5)6)9-11(3)4/h11-12H,7-9H2,1-6H3. The SMILES string of the molecule is CCC(C#N)(CC)C(=O)N(CC(C)C)C(C)C. The molecule has 0 unspecified atom stereocenters. The van der Waals surface area contributed by atoms with Crippen LogP contribution < -0.4 is 0 Å². The van der Waals surface area contributed by atoms with Crippen molar-refractivity contribution in [3.05, 3.63) is 0 Å². The van der Waals surface area contributed by atoms with Crippen molar-refractivity contribution in [1.29, 1.82) is 5.26 Å². The quantitative estimate of drug-likeness (QED) is 0.713. The maximum absolute atomic E-state index is 12.5. The van der Waals surface area contributed by atoms with Crippen molar-refractivity contribution in [3.8, 4) is 6.07 Å². The first-order valence-electron chi connectivity index (χ1n) is 6.56. The van der Waals surface area contributed by atoms with E-state index in [1.54, 1.807) is 0 Å². The summed E-state index contributed by atoms with van der Waals surface area (Å²) in [6.45, 7) is 12.8. The van der Waals surface area contributed by atoms with Crippen LogP contribution in [-0.2, 0) is 4.79 Å². The van der Waals surface area contributed by atoms with Crippen LogP contribution in [-0.4, -0.2) is 23.4 Å². The van der Waals surface area contributed by atoms with E-state index in [1.165, 1.54) is 0 Å². The van der Waals surface area contributed by atoms with Crippen molar-refractivity contribution in [2.45, 2.75) is 60.4 Å². The highest BCUT2D eigenvalue weighted by molar-refractivity contribution is 5.85. The summed E-state index contributed by atoms with van der Waals surface area (Å²) in [6, 6.07) is 2.38. The molecule has 0 aliphatic rings. The molecule has 0 atom stereocenters. The molecule has 0 aliphatic carbocycles. The van der Waals surface area contributed by atoms with E-state index in [4.69, 9.17) is 0 Å². The molecular weight excluding hydrogens is 212 g/mol. The van der Waals surface area contributed by atoms with E-state index in [0.29, 0.717) is 18.8 Å². The molecule has 3 nitrogen and oxygen atoms in total. The molecule has 0 radical (unpaired) electrons. The van der Waals surface area contributed by atoms with Crippen molar-refractivity contribution in [3.63, 3.8) is 0 Å². The Balaban J connectivity index is 5.13. The summed E-state index contributed by atoms with van der Waals surface area (Å²) in [5, 5.41) is 9.31. The van der Waals surface area contributed by atoms with E-state index in [-0.39, 0.29) is 11.9 Å². The monoisotopic (exact) mass is 238 g/mol. The van der Waals surface area contributed by atoms with Gasteiger partial charge in [-0.05, 0) is 32.6 Å². The highest BCUT2D eigenvalue weighted by Gasteiger charge is 2.39. The Labute approximate surface area is 106 Å². The summed E-state index contributed by atoms with van der Waals surface area (Å²) in [5.41, 5.74) is -0.834. The Kier molecular flexibility index (Phi) is 6.23. The Morgan fingerprint density at radius 3 is 1.94 bits per heavy atom. The van der Waals surface area contributed by atoms with Crippen LogP contribution in [0.2, 0.25) is 0 Å². The van der Waals surface area contributed by atoms with Crippen molar-refractivity contribution in [2.24, 2.45) is 11.3 Å². The first-order chi connectivity index (χ1) is 7.84. The highest BCUT2D eigenvalue weighted by atomic mass is 16.2. The number of amides is 1. The topological polar surface area (TPSA) is 44.1 Å². The van der Waals surface area contributed by atoms with E-state index in [9.17, 15) is 10.1 Å². The van der Waals surface area contributed by atoms with Gasteiger partial charge in [-0.1, -0.05) is 27.7 Å². The average molecular weight is 238 g/mol. The fraction of sp³-hybridized carbons (Fsp3) is 0.857. The van der Waals surface area contributed by atoms with Gasteiger partial charge in [0.05, 0.1) is 6.07 Å². The van der Waals surface area contributed by atoms with Crippen molar-refractivity contribution in [2.75, 3.05) is 6.54 Å². The molecular formula is C14H26N2O. The molecule has 0 aromatic heterocycles. The van der Waals surface area contributed by atoms with Gasteiger partial charge in [0.2, 0.25) is 5.91 Å². The van der Waals surface area contributed by atoms with Gasteiger partial charge in [-0.25, -0.2) is 0 Å². The van der Waals surface area contributed by atoms with Crippen LogP contribution in [0.4, 0.5) is 0 Å². The number of carbonyl (C=O) groups excluding carboxylic acids is 1. The lowest BCUT2D eigenvalue weighted by Gasteiger charge is -2.35. The second-order valence-electron chi connectivity index (χ2n) is 5.35.